The molecule has 0 bridgehead atoms. The van der Waals surface area contributed by atoms with Gasteiger partial charge in [0.1, 0.15) is 5.69 Å². The largest absolute Gasteiger partial charge is 0.419 e. The van der Waals surface area contributed by atoms with Crippen molar-refractivity contribution < 1.29 is 18.0 Å². The highest BCUT2D eigenvalue weighted by atomic mass is 19.4. The highest BCUT2D eigenvalue weighted by Gasteiger charge is 2.37. The van der Waals surface area contributed by atoms with Crippen molar-refractivity contribution in [3.63, 3.8) is 0 Å². The van der Waals surface area contributed by atoms with Gasteiger partial charge in [0.15, 0.2) is 5.69 Å². The lowest BCUT2D eigenvalue weighted by Crippen LogP contribution is -2.43. The number of pyridine rings is 1. The van der Waals surface area contributed by atoms with Crippen LogP contribution in [-0.4, -0.2) is 60.4 Å². The maximum absolute atomic E-state index is 13.4. The number of carbonyl (C=O) groups is 1. The molecule has 1 saturated carbocycles. The number of hydrogen-bond acceptors (Lipinski definition) is 7. The Kier molecular flexibility index (Phi) is 5.76. The van der Waals surface area contributed by atoms with Crippen molar-refractivity contribution in [3.8, 4) is 5.69 Å². The van der Waals surface area contributed by atoms with E-state index < -0.39 is 11.7 Å². The molecule has 0 unspecified atom stereocenters. The fourth-order valence-corrected chi connectivity index (χ4v) is 3.39. The van der Waals surface area contributed by atoms with E-state index in [4.69, 9.17) is 0 Å². The van der Waals surface area contributed by atoms with Crippen LogP contribution in [0.4, 0.5) is 19.1 Å². The zero-order chi connectivity index (χ0) is 22.9. The van der Waals surface area contributed by atoms with Gasteiger partial charge in [-0.15, -0.1) is 4.80 Å². The number of halogens is 3. The summed E-state index contributed by atoms with van der Waals surface area (Å²) in [5, 5.41) is 11.1. The summed E-state index contributed by atoms with van der Waals surface area (Å²) < 4.78 is 38.1. The second kappa shape index (κ2) is 8.52. The van der Waals surface area contributed by atoms with Gasteiger partial charge in [-0.1, -0.05) is 0 Å². The number of anilines is 1. The smallest absolute Gasteiger partial charge is 0.352 e. The molecule has 0 aliphatic heterocycles. The van der Waals surface area contributed by atoms with Gasteiger partial charge in [-0.2, -0.15) is 23.4 Å². The number of rotatable bonds is 7. The normalized spacial score (nSPS) is 14.8. The van der Waals surface area contributed by atoms with Gasteiger partial charge in [0.05, 0.1) is 24.0 Å². The Bertz CT molecular complexity index is 1080. The molecule has 1 N–H and O–H groups in total. The molecule has 3 aromatic heterocycles. The lowest BCUT2D eigenvalue weighted by molar-refractivity contribution is -0.138. The van der Waals surface area contributed by atoms with E-state index in [9.17, 15) is 18.0 Å². The third-order valence-corrected chi connectivity index (χ3v) is 5.28. The van der Waals surface area contributed by atoms with E-state index in [0.717, 1.165) is 25.2 Å². The zero-order valence-corrected chi connectivity index (χ0v) is 17.4. The van der Waals surface area contributed by atoms with Crippen LogP contribution in [0.25, 0.3) is 5.69 Å². The van der Waals surface area contributed by atoms with Gasteiger partial charge in [0, 0.05) is 31.7 Å². The maximum atomic E-state index is 13.4. The van der Waals surface area contributed by atoms with E-state index >= 15 is 0 Å². The van der Waals surface area contributed by atoms with Gasteiger partial charge in [-0.05, 0) is 37.8 Å². The first kappa shape index (κ1) is 21.7. The summed E-state index contributed by atoms with van der Waals surface area (Å²) in [4.78, 5) is 28.2. The number of aromatic nitrogens is 6. The van der Waals surface area contributed by atoms with E-state index in [1.54, 1.807) is 31.0 Å². The van der Waals surface area contributed by atoms with Crippen molar-refractivity contribution >= 4 is 11.9 Å². The molecule has 12 heteroatoms. The Balaban J connectivity index is 1.51. The molecule has 0 spiro atoms. The molecule has 0 aromatic carbocycles. The number of nitrogens with zero attached hydrogens (tertiary/aromatic N) is 7. The summed E-state index contributed by atoms with van der Waals surface area (Å²) in [7, 11) is 1.69. The van der Waals surface area contributed by atoms with E-state index in [0.29, 0.717) is 17.9 Å². The van der Waals surface area contributed by atoms with Crippen LogP contribution in [0.15, 0.2) is 36.9 Å². The number of carbonyl (C=O) groups excluding carboxylic acids is 1. The lowest BCUT2D eigenvalue weighted by Gasteiger charge is -2.29. The van der Waals surface area contributed by atoms with Crippen LogP contribution in [0.2, 0.25) is 0 Å². The molecule has 32 heavy (non-hydrogen) atoms. The molecular weight excluding hydrogens is 425 g/mol. The van der Waals surface area contributed by atoms with Gasteiger partial charge in [0.2, 0.25) is 5.95 Å². The Morgan fingerprint density at radius 2 is 1.88 bits per heavy atom. The second-order valence-corrected chi connectivity index (χ2v) is 7.63. The number of hydrogen-bond donors (Lipinski definition) is 1. The zero-order valence-electron chi connectivity index (χ0n) is 17.4. The summed E-state index contributed by atoms with van der Waals surface area (Å²) >= 11 is 0. The fraction of sp³-hybridized carbons (Fsp3) is 0.400. The quantitative estimate of drug-likeness (QED) is 0.595. The number of aryl methyl sites for hydroxylation is 1. The Morgan fingerprint density at radius 1 is 1.22 bits per heavy atom. The average Bonchev–Trinajstić information content (AvgIpc) is 3.45. The van der Waals surface area contributed by atoms with E-state index in [1.165, 1.54) is 17.2 Å². The van der Waals surface area contributed by atoms with Crippen molar-refractivity contribution in [1.29, 1.82) is 0 Å². The van der Waals surface area contributed by atoms with Crippen LogP contribution in [0.1, 0.15) is 34.6 Å². The summed E-state index contributed by atoms with van der Waals surface area (Å²) in [6.07, 6.45) is 1.90. The molecule has 4 rings (SSSR count). The van der Waals surface area contributed by atoms with Crippen molar-refractivity contribution in [2.75, 3.05) is 18.9 Å². The number of amides is 1. The van der Waals surface area contributed by atoms with Crippen LogP contribution in [0.5, 0.6) is 0 Å². The summed E-state index contributed by atoms with van der Waals surface area (Å²) in [6.45, 7) is 2.08. The molecule has 0 radical (unpaired) electrons. The molecule has 1 amide bonds. The Labute approximate surface area is 181 Å². The van der Waals surface area contributed by atoms with E-state index in [1.807, 2.05) is 0 Å². The van der Waals surface area contributed by atoms with Crippen LogP contribution in [0, 0.1) is 12.8 Å². The molecular formula is C20H21F3N8O. The maximum Gasteiger partial charge on any atom is 0.419 e. The minimum absolute atomic E-state index is 0.0691. The van der Waals surface area contributed by atoms with Crippen LogP contribution < -0.4 is 5.32 Å². The molecule has 0 saturated heterocycles. The number of likely N-dealkylation sites (N-methyl/N-ethyl adjacent to an activating group) is 1. The van der Waals surface area contributed by atoms with Crippen LogP contribution in [0.3, 0.4) is 0 Å². The summed E-state index contributed by atoms with van der Waals surface area (Å²) in [5.74, 6) is 0.0367. The molecule has 1 fully saturated rings. The predicted octanol–water partition coefficient (Wildman–Crippen LogP) is 2.74. The molecule has 3 aromatic rings. The summed E-state index contributed by atoms with van der Waals surface area (Å²) in [5.41, 5.74) is 0.447. The third-order valence-electron chi connectivity index (χ3n) is 5.28. The first-order valence-electron chi connectivity index (χ1n) is 9.98. The Hall–Kier alpha value is -3.57. The van der Waals surface area contributed by atoms with E-state index in [2.05, 4.69) is 30.5 Å². The molecule has 3 heterocycles. The third kappa shape index (κ3) is 4.68. The highest BCUT2D eigenvalue weighted by Crippen LogP contribution is 2.36. The fourth-order valence-electron chi connectivity index (χ4n) is 3.39. The van der Waals surface area contributed by atoms with Crippen molar-refractivity contribution in [1.82, 2.24) is 34.8 Å². The first-order chi connectivity index (χ1) is 15.2. The second-order valence-electron chi connectivity index (χ2n) is 7.63. The van der Waals surface area contributed by atoms with Gasteiger partial charge >= 0.3 is 6.18 Å². The van der Waals surface area contributed by atoms with Crippen LogP contribution >= 0.6 is 0 Å². The summed E-state index contributed by atoms with van der Waals surface area (Å²) in [6, 6.07) is 3.30. The number of nitrogens with one attached hydrogen (secondary N) is 1. The highest BCUT2D eigenvalue weighted by molar-refractivity contribution is 5.95. The number of alkyl halides is 3. The monoisotopic (exact) mass is 446 g/mol. The molecule has 9 nitrogen and oxygen atoms in total. The molecule has 168 valence electrons. The predicted molar refractivity (Wildman–Crippen MR) is 108 cm³/mol. The van der Waals surface area contributed by atoms with Crippen molar-refractivity contribution in [3.05, 3.63) is 53.9 Å². The average molecular weight is 446 g/mol. The minimum Gasteiger partial charge on any atom is -0.352 e. The SMILES string of the molecule is Cc1ccc(-n2nccn2)c(C(=O)N(C)[C@H](CNc2ncc(C(F)(F)F)cn2)C2CC2)n1. The molecule has 1 aliphatic rings. The van der Waals surface area contributed by atoms with Crippen molar-refractivity contribution in [2.24, 2.45) is 5.92 Å². The first-order valence-corrected chi connectivity index (χ1v) is 9.98. The standard InChI is InChI=1S/C20H21F3N8O/c1-12-3-6-15(31-27-7-8-28-31)17(29-12)18(32)30(2)16(13-4-5-13)11-26-19-24-9-14(10-25-19)20(21,22)23/h3,6-10,13,16H,4-5,11H2,1-2H3,(H,24,25,26)/t16-/m1/s1. The minimum atomic E-state index is -4.50. The molecule has 1 aliphatic carbocycles. The van der Waals surface area contributed by atoms with E-state index in [-0.39, 0.29) is 29.5 Å². The van der Waals surface area contributed by atoms with Gasteiger partial charge in [0.25, 0.3) is 5.91 Å². The topological polar surface area (TPSA) is 102 Å². The Morgan fingerprint density at radius 3 is 2.47 bits per heavy atom. The van der Waals surface area contributed by atoms with Crippen molar-refractivity contribution in [2.45, 2.75) is 32.0 Å². The lowest BCUT2D eigenvalue weighted by atomic mass is 10.1. The molecule has 1 atom stereocenters. The van der Waals surface area contributed by atoms with Gasteiger partial charge < -0.3 is 10.2 Å². The van der Waals surface area contributed by atoms with Gasteiger partial charge in [-0.3, -0.25) is 4.79 Å². The van der Waals surface area contributed by atoms with Gasteiger partial charge in [-0.25, -0.2) is 15.0 Å². The van der Waals surface area contributed by atoms with Crippen LogP contribution in [-0.2, 0) is 6.18 Å².